The van der Waals surface area contributed by atoms with Crippen LogP contribution in [0.5, 0.6) is 5.75 Å². The second kappa shape index (κ2) is 8.78. The number of nitrogens with zero attached hydrogens (tertiary/aromatic N) is 2. The number of nitrogens with one attached hydrogen (secondary N) is 2. The Labute approximate surface area is 202 Å². The van der Waals surface area contributed by atoms with Gasteiger partial charge in [-0.1, -0.05) is 18.2 Å². The number of fused-ring (bicyclic) bond motifs is 1. The highest BCUT2D eigenvalue weighted by molar-refractivity contribution is 5.87. The van der Waals surface area contributed by atoms with E-state index in [2.05, 4.69) is 15.2 Å². The number of anilines is 1. The first-order valence-electron chi connectivity index (χ1n) is 12.2. The number of piperidine rings is 1. The molecule has 182 valence electrons. The van der Waals surface area contributed by atoms with E-state index < -0.39 is 6.23 Å². The predicted molar refractivity (Wildman–Crippen MR) is 134 cm³/mol. The van der Waals surface area contributed by atoms with Gasteiger partial charge in [-0.25, -0.2) is 4.39 Å². The van der Waals surface area contributed by atoms with E-state index in [0.29, 0.717) is 24.5 Å². The van der Waals surface area contributed by atoms with Crippen molar-refractivity contribution in [1.29, 1.82) is 0 Å². The Morgan fingerprint density at radius 3 is 2.83 bits per heavy atom. The number of aromatic amines is 1. The number of aliphatic hydroxyl groups excluding tert-OH is 1. The summed E-state index contributed by atoms with van der Waals surface area (Å²) in [5, 5.41) is 25.0. The fraction of sp³-hybridized carbons (Fsp3) is 0.370. The van der Waals surface area contributed by atoms with Gasteiger partial charge in [-0.3, -0.25) is 4.79 Å². The van der Waals surface area contributed by atoms with Crippen LogP contribution in [0.1, 0.15) is 35.6 Å². The molecule has 0 saturated carbocycles. The van der Waals surface area contributed by atoms with Crippen molar-refractivity contribution < 1.29 is 14.6 Å². The number of hydrogen-bond acceptors (Lipinski definition) is 6. The normalized spacial score (nSPS) is 22.2. The first-order valence-corrected chi connectivity index (χ1v) is 12.2. The summed E-state index contributed by atoms with van der Waals surface area (Å²) in [5.41, 5.74) is 3.07. The highest BCUT2D eigenvalue weighted by Crippen LogP contribution is 2.44. The molecule has 3 aliphatic heterocycles. The average Bonchev–Trinajstić information content (AvgIpc) is 3.23. The third-order valence-electron chi connectivity index (χ3n) is 7.63. The van der Waals surface area contributed by atoms with E-state index in [9.17, 15) is 19.4 Å². The van der Waals surface area contributed by atoms with Gasteiger partial charge in [-0.15, -0.1) is 0 Å². The van der Waals surface area contributed by atoms with E-state index >= 15 is 0 Å². The van der Waals surface area contributed by atoms with Crippen LogP contribution in [0.4, 0.5) is 10.1 Å². The van der Waals surface area contributed by atoms with Gasteiger partial charge in [-0.05, 0) is 67.2 Å². The Morgan fingerprint density at radius 2 is 2.00 bits per heavy atom. The third-order valence-corrected chi connectivity index (χ3v) is 7.63. The molecule has 8 heteroatoms. The molecule has 3 aromatic rings. The molecule has 1 fully saturated rings. The number of halogens is 1. The van der Waals surface area contributed by atoms with Gasteiger partial charge in [0.15, 0.2) is 0 Å². The van der Waals surface area contributed by atoms with E-state index in [0.717, 1.165) is 60.4 Å². The molecule has 4 N–H and O–H groups in total. The first-order chi connectivity index (χ1) is 17.0. The summed E-state index contributed by atoms with van der Waals surface area (Å²) >= 11 is 0. The molecule has 0 spiro atoms. The molecular formula is C27H29FN4O3. The smallest absolute Gasteiger partial charge is 0.259 e. The van der Waals surface area contributed by atoms with Gasteiger partial charge in [0.1, 0.15) is 17.8 Å². The van der Waals surface area contributed by atoms with Crippen molar-refractivity contribution in [2.75, 3.05) is 31.1 Å². The van der Waals surface area contributed by atoms with Crippen molar-refractivity contribution in [1.82, 2.24) is 15.2 Å². The molecule has 0 amide bonds. The van der Waals surface area contributed by atoms with E-state index in [-0.39, 0.29) is 23.0 Å². The van der Waals surface area contributed by atoms with Gasteiger partial charge >= 0.3 is 0 Å². The maximum absolute atomic E-state index is 14.8. The van der Waals surface area contributed by atoms with Gasteiger partial charge < -0.3 is 30.3 Å². The van der Waals surface area contributed by atoms with Crippen LogP contribution in [-0.4, -0.2) is 58.5 Å². The van der Waals surface area contributed by atoms with Crippen molar-refractivity contribution in [3.05, 3.63) is 75.5 Å². The van der Waals surface area contributed by atoms with Gasteiger partial charge in [0.05, 0.1) is 11.1 Å². The number of aromatic nitrogens is 1. The van der Waals surface area contributed by atoms with Crippen LogP contribution < -0.4 is 15.8 Å². The van der Waals surface area contributed by atoms with Crippen molar-refractivity contribution in [2.24, 2.45) is 0 Å². The maximum Gasteiger partial charge on any atom is 0.259 e. The molecule has 2 unspecified atom stereocenters. The minimum Gasteiger partial charge on any atom is -0.507 e. The highest BCUT2D eigenvalue weighted by atomic mass is 19.1. The largest absolute Gasteiger partial charge is 0.507 e. The van der Waals surface area contributed by atoms with Crippen LogP contribution in [0.2, 0.25) is 0 Å². The summed E-state index contributed by atoms with van der Waals surface area (Å²) in [4.78, 5) is 19.6. The number of phenols is 1. The number of aromatic hydroxyl groups is 1. The number of rotatable bonds is 5. The van der Waals surface area contributed by atoms with Crippen LogP contribution >= 0.6 is 0 Å². The third kappa shape index (κ3) is 4.01. The van der Waals surface area contributed by atoms with Crippen LogP contribution in [0.15, 0.2) is 47.3 Å². The number of H-pyrrole nitrogens is 1. The summed E-state index contributed by atoms with van der Waals surface area (Å²) in [6, 6.07) is 10.6. The van der Waals surface area contributed by atoms with E-state index in [1.165, 1.54) is 6.07 Å². The first kappa shape index (κ1) is 22.3. The Balaban J connectivity index is 1.07. The molecule has 2 aromatic carbocycles. The van der Waals surface area contributed by atoms with Crippen molar-refractivity contribution in [3.8, 4) is 5.75 Å². The lowest BCUT2D eigenvalue weighted by Gasteiger charge is -2.34. The van der Waals surface area contributed by atoms with Crippen molar-refractivity contribution in [2.45, 2.75) is 37.6 Å². The minimum absolute atomic E-state index is 0.00729. The van der Waals surface area contributed by atoms with E-state index in [4.69, 9.17) is 0 Å². The Hall–Kier alpha value is -3.20. The molecule has 4 heterocycles. The molecule has 1 saturated heterocycles. The average molecular weight is 477 g/mol. The lowest BCUT2D eigenvalue weighted by atomic mass is 9.95. The van der Waals surface area contributed by atoms with E-state index in [1.54, 1.807) is 24.3 Å². The zero-order valence-electron chi connectivity index (χ0n) is 19.4. The molecule has 0 aliphatic carbocycles. The number of hydrogen-bond donors (Lipinski definition) is 4. The van der Waals surface area contributed by atoms with Crippen LogP contribution in [0, 0.1) is 5.82 Å². The van der Waals surface area contributed by atoms with Gasteiger partial charge in [0.25, 0.3) is 5.56 Å². The van der Waals surface area contributed by atoms with E-state index in [1.807, 2.05) is 23.1 Å². The number of pyridine rings is 1. The highest BCUT2D eigenvalue weighted by Gasteiger charge is 2.38. The molecular weight excluding hydrogens is 447 g/mol. The van der Waals surface area contributed by atoms with Gasteiger partial charge in [0.2, 0.25) is 0 Å². The zero-order chi connectivity index (χ0) is 24.1. The lowest BCUT2D eigenvalue weighted by Crippen LogP contribution is -2.44. The summed E-state index contributed by atoms with van der Waals surface area (Å²) in [5.74, 6) is -0.164. The second-order valence-corrected chi connectivity index (χ2v) is 9.84. The predicted octanol–water partition coefficient (Wildman–Crippen LogP) is 2.88. The van der Waals surface area contributed by atoms with Crippen LogP contribution in [-0.2, 0) is 6.54 Å². The monoisotopic (exact) mass is 476 g/mol. The molecule has 6 rings (SSSR count). The molecule has 0 bridgehead atoms. The summed E-state index contributed by atoms with van der Waals surface area (Å²) < 4.78 is 14.8. The minimum atomic E-state index is -0.700. The lowest BCUT2D eigenvalue weighted by molar-refractivity contribution is 0.182. The summed E-state index contributed by atoms with van der Waals surface area (Å²) in [7, 11) is 0. The topological polar surface area (TPSA) is 91.8 Å². The Bertz CT molecular complexity index is 1360. The Kier molecular flexibility index (Phi) is 5.59. The van der Waals surface area contributed by atoms with Crippen molar-refractivity contribution >= 4 is 22.5 Å². The Morgan fingerprint density at radius 1 is 1.17 bits per heavy atom. The molecule has 1 aromatic heterocycles. The number of benzene rings is 2. The summed E-state index contributed by atoms with van der Waals surface area (Å²) in [6.07, 6.45) is 4.87. The SMILES string of the molecule is O=c1[nH]c(CNC2CCN(CC3CN4c5c(ccc(F)c53)C=CC4O)CC2)cc2cccc(O)c12. The van der Waals surface area contributed by atoms with Gasteiger partial charge in [0, 0.05) is 42.9 Å². The fourth-order valence-electron chi connectivity index (χ4n) is 5.88. The van der Waals surface area contributed by atoms with Crippen molar-refractivity contribution in [3.63, 3.8) is 0 Å². The maximum atomic E-state index is 14.8. The van der Waals surface area contributed by atoms with Crippen LogP contribution in [0.3, 0.4) is 0 Å². The number of likely N-dealkylation sites (tertiary alicyclic amines) is 1. The number of aliphatic hydroxyl groups is 1. The fourth-order valence-corrected chi connectivity index (χ4v) is 5.88. The molecule has 7 nitrogen and oxygen atoms in total. The molecule has 3 aliphatic rings. The zero-order valence-corrected chi connectivity index (χ0v) is 19.4. The standard InChI is InChI=1S/C27H29FN4O3/c28-21-6-4-16-5-7-23(34)32-15-18(24(21)26(16)32)14-31-10-8-19(9-11-31)29-13-20-12-17-2-1-3-22(33)25(17)27(35)30-20/h1-7,12,18-19,23,29,33-34H,8-11,13-15H2,(H,30,35). The summed E-state index contributed by atoms with van der Waals surface area (Å²) in [6.45, 7) is 3.76. The van der Waals surface area contributed by atoms with Crippen LogP contribution in [0.25, 0.3) is 16.8 Å². The molecule has 0 radical (unpaired) electrons. The second-order valence-electron chi connectivity index (χ2n) is 9.84. The van der Waals surface area contributed by atoms with Gasteiger partial charge in [-0.2, -0.15) is 0 Å². The number of phenolic OH excluding ortho intramolecular Hbond substituents is 1. The molecule has 35 heavy (non-hydrogen) atoms. The molecule has 2 atom stereocenters. The quantitative estimate of drug-likeness (QED) is 0.453.